The number of hydrogen-bond donors (Lipinski definition) is 3. The fourth-order valence-electron chi connectivity index (χ4n) is 2.11. The summed E-state index contributed by atoms with van der Waals surface area (Å²) in [6.45, 7) is 7.29. The number of nitrogens with one attached hydrogen (secondary N) is 3. The van der Waals surface area contributed by atoms with Gasteiger partial charge in [-0.05, 0) is 44.9 Å². The number of carbonyl (C=O) groups is 2. The van der Waals surface area contributed by atoms with Gasteiger partial charge in [0.05, 0.1) is 5.69 Å². The van der Waals surface area contributed by atoms with Gasteiger partial charge in [0.2, 0.25) is 5.91 Å². The monoisotopic (exact) mass is 344 g/mol. The molecule has 0 aliphatic heterocycles. The second-order valence-corrected chi connectivity index (χ2v) is 6.75. The summed E-state index contributed by atoms with van der Waals surface area (Å²) in [6.07, 6.45) is 1.08. The Morgan fingerprint density at radius 2 is 1.88 bits per heavy atom. The Labute approximate surface area is 147 Å². The standard InChI is InChI=1S/C18H24N4O3/c1-12(21-17(24)25-18(2,3)4)16(23)19-11-13-5-7-14(8-6-13)15-9-10-20-22-15/h5-10,12H,11H2,1-4H3,(H,19,23)(H,20,22)(H,21,24)/t12-/m0/s1. The van der Waals surface area contributed by atoms with E-state index in [2.05, 4.69) is 20.8 Å². The second kappa shape index (κ2) is 7.83. The van der Waals surface area contributed by atoms with Gasteiger partial charge in [0.1, 0.15) is 11.6 Å². The number of hydrogen-bond acceptors (Lipinski definition) is 4. The van der Waals surface area contributed by atoms with Gasteiger partial charge < -0.3 is 15.4 Å². The van der Waals surface area contributed by atoms with Crippen LogP contribution in [-0.2, 0) is 16.1 Å². The first kappa shape index (κ1) is 18.5. The van der Waals surface area contributed by atoms with E-state index < -0.39 is 17.7 Å². The molecular formula is C18H24N4O3. The second-order valence-electron chi connectivity index (χ2n) is 6.75. The van der Waals surface area contributed by atoms with Crippen molar-refractivity contribution in [2.75, 3.05) is 0 Å². The predicted molar refractivity (Wildman–Crippen MR) is 94.7 cm³/mol. The van der Waals surface area contributed by atoms with E-state index in [1.54, 1.807) is 33.9 Å². The molecule has 7 nitrogen and oxygen atoms in total. The maximum atomic E-state index is 12.1. The van der Waals surface area contributed by atoms with E-state index >= 15 is 0 Å². The van der Waals surface area contributed by atoms with Gasteiger partial charge in [0.25, 0.3) is 0 Å². The molecule has 2 rings (SSSR count). The number of aromatic nitrogens is 2. The minimum Gasteiger partial charge on any atom is -0.444 e. The van der Waals surface area contributed by atoms with Crippen LogP contribution in [-0.4, -0.2) is 33.8 Å². The van der Waals surface area contributed by atoms with Crippen molar-refractivity contribution in [2.24, 2.45) is 0 Å². The summed E-state index contributed by atoms with van der Waals surface area (Å²) < 4.78 is 5.13. The molecule has 0 bridgehead atoms. The Morgan fingerprint density at radius 1 is 1.20 bits per heavy atom. The summed E-state index contributed by atoms with van der Waals surface area (Å²) >= 11 is 0. The van der Waals surface area contributed by atoms with Gasteiger partial charge in [-0.15, -0.1) is 0 Å². The van der Waals surface area contributed by atoms with Gasteiger partial charge >= 0.3 is 6.09 Å². The zero-order valence-electron chi connectivity index (χ0n) is 14.9. The minimum absolute atomic E-state index is 0.275. The lowest BCUT2D eigenvalue weighted by Gasteiger charge is -2.21. The minimum atomic E-state index is -0.681. The molecule has 0 radical (unpaired) electrons. The molecule has 134 valence electrons. The first-order chi connectivity index (χ1) is 11.7. The number of H-pyrrole nitrogens is 1. The highest BCUT2D eigenvalue weighted by atomic mass is 16.6. The third kappa shape index (κ3) is 5.95. The molecule has 0 aliphatic carbocycles. The highest BCUT2D eigenvalue weighted by Crippen LogP contribution is 2.16. The third-order valence-corrected chi connectivity index (χ3v) is 3.36. The molecule has 3 N–H and O–H groups in total. The fraction of sp³-hybridized carbons (Fsp3) is 0.389. The summed E-state index contributed by atoms with van der Waals surface area (Å²) in [7, 11) is 0. The number of benzene rings is 1. The summed E-state index contributed by atoms with van der Waals surface area (Å²) in [5.74, 6) is -0.275. The van der Waals surface area contributed by atoms with Crippen molar-refractivity contribution in [1.82, 2.24) is 20.8 Å². The molecule has 1 aromatic heterocycles. The first-order valence-corrected chi connectivity index (χ1v) is 8.10. The maximum absolute atomic E-state index is 12.1. The van der Waals surface area contributed by atoms with Gasteiger partial charge in [-0.3, -0.25) is 9.89 Å². The van der Waals surface area contributed by atoms with Crippen molar-refractivity contribution in [3.63, 3.8) is 0 Å². The zero-order chi connectivity index (χ0) is 18.4. The van der Waals surface area contributed by atoms with Crippen LogP contribution < -0.4 is 10.6 Å². The van der Waals surface area contributed by atoms with Crippen LogP contribution in [0, 0.1) is 0 Å². The Morgan fingerprint density at radius 3 is 2.44 bits per heavy atom. The summed E-state index contributed by atoms with van der Waals surface area (Å²) in [4.78, 5) is 23.8. The van der Waals surface area contributed by atoms with Crippen LogP contribution in [0.2, 0.25) is 0 Å². The average Bonchev–Trinajstić information content (AvgIpc) is 3.05. The number of rotatable bonds is 5. The van der Waals surface area contributed by atoms with Crippen LogP contribution in [0.5, 0.6) is 0 Å². The lowest BCUT2D eigenvalue weighted by molar-refractivity contribution is -0.122. The van der Waals surface area contributed by atoms with Gasteiger partial charge in [0, 0.05) is 12.7 Å². The highest BCUT2D eigenvalue weighted by Gasteiger charge is 2.20. The van der Waals surface area contributed by atoms with E-state index in [-0.39, 0.29) is 5.91 Å². The van der Waals surface area contributed by atoms with Gasteiger partial charge in [-0.25, -0.2) is 4.79 Å². The van der Waals surface area contributed by atoms with E-state index in [1.807, 2.05) is 30.3 Å². The Kier molecular flexibility index (Phi) is 5.80. The molecule has 25 heavy (non-hydrogen) atoms. The quantitative estimate of drug-likeness (QED) is 0.777. The predicted octanol–water partition coefficient (Wildman–Crippen LogP) is 2.61. The largest absolute Gasteiger partial charge is 0.444 e. The van der Waals surface area contributed by atoms with E-state index in [0.717, 1.165) is 16.8 Å². The molecule has 0 unspecified atom stereocenters. The summed E-state index contributed by atoms with van der Waals surface area (Å²) in [6, 6.07) is 8.99. The smallest absolute Gasteiger partial charge is 0.408 e. The number of aromatic amines is 1. The van der Waals surface area contributed by atoms with Crippen molar-refractivity contribution in [2.45, 2.75) is 45.9 Å². The molecule has 1 aromatic carbocycles. The Hall–Kier alpha value is -2.83. The number of carbonyl (C=O) groups excluding carboxylic acids is 2. The Bertz CT molecular complexity index is 703. The molecular weight excluding hydrogens is 320 g/mol. The molecule has 0 spiro atoms. The summed E-state index contributed by atoms with van der Waals surface area (Å²) in [5.41, 5.74) is 2.32. The van der Waals surface area contributed by atoms with Crippen LogP contribution in [0.1, 0.15) is 33.3 Å². The van der Waals surface area contributed by atoms with Crippen LogP contribution >= 0.6 is 0 Å². The van der Waals surface area contributed by atoms with Crippen LogP contribution in [0.4, 0.5) is 4.79 Å². The third-order valence-electron chi connectivity index (χ3n) is 3.36. The number of nitrogens with zero attached hydrogens (tertiary/aromatic N) is 1. The Balaban J connectivity index is 1.82. The fourth-order valence-corrected chi connectivity index (χ4v) is 2.11. The van der Waals surface area contributed by atoms with E-state index in [0.29, 0.717) is 6.54 Å². The van der Waals surface area contributed by atoms with Crippen LogP contribution in [0.25, 0.3) is 11.3 Å². The number of ether oxygens (including phenoxy) is 1. The van der Waals surface area contributed by atoms with E-state index in [1.165, 1.54) is 0 Å². The van der Waals surface area contributed by atoms with Crippen LogP contribution in [0.3, 0.4) is 0 Å². The molecule has 0 fully saturated rings. The topological polar surface area (TPSA) is 96.1 Å². The SMILES string of the molecule is C[C@H](NC(=O)OC(C)(C)C)C(=O)NCc1ccc(-c2ccn[nH]2)cc1. The maximum Gasteiger partial charge on any atom is 0.408 e. The lowest BCUT2D eigenvalue weighted by Crippen LogP contribution is -2.46. The molecule has 2 aromatic rings. The normalized spacial score (nSPS) is 12.3. The van der Waals surface area contributed by atoms with Crippen molar-refractivity contribution in [1.29, 1.82) is 0 Å². The molecule has 0 saturated carbocycles. The molecule has 0 saturated heterocycles. The molecule has 1 atom stereocenters. The average molecular weight is 344 g/mol. The summed E-state index contributed by atoms with van der Waals surface area (Å²) in [5, 5.41) is 12.1. The molecule has 2 amide bonds. The van der Waals surface area contributed by atoms with Crippen LogP contribution in [0.15, 0.2) is 36.5 Å². The molecule has 7 heteroatoms. The van der Waals surface area contributed by atoms with Crippen molar-refractivity contribution in [3.05, 3.63) is 42.1 Å². The van der Waals surface area contributed by atoms with Gasteiger partial charge in [-0.1, -0.05) is 24.3 Å². The van der Waals surface area contributed by atoms with E-state index in [9.17, 15) is 9.59 Å². The number of alkyl carbamates (subject to hydrolysis) is 1. The van der Waals surface area contributed by atoms with Crippen molar-refractivity contribution >= 4 is 12.0 Å². The van der Waals surface area contributed by atoms with Gasteiger partial charge in [-0.2, -0.15) is 5.10 Å². The van der Waals surface area contributed by atoms with Crippen molar-refractivity contribution < 1.29 is 14.3 Å². The lowest BCUT2D eigenvalue weighted by atomic mass is 10.1. The zero-order valence-corrected chi connectivity index (χ0v) is 14.9. The molecule has 1 heterocycles. The molecule has 0 aliphatic rings. The first-order valence-electron chi connectivity index (χ1n) is 8.10. The number of amides is 2. The van der Waals surface area contributed by atoms with Gasteiger partial charge in [0.15, 0.2) is 0 Å². The van der Waals surface area contributed by atoms with E-state index in [4.69, 9.17) is 4.74 Å². The highest BCUT2D eigenvalue weighted by molar-refractivity contribution is 5.85. The van der Waals surface area contributed by atoms with Crippen molar-refractivity contribution in [3.8, 4) is 11.3 Å².